The van der Waals surface area contributed by atoms with Crippen molar-refractivity contribution in [1.29, 1.82) is 0 Å². The van der Waals surface area contributed by atoms with Gasteiger partial charge in [-0.2, -0.15) is 0 Å². The lowest BCUT2D eigenvalue weighted by molar-refractivity contribution is 0.0939. The molecule has 1 N–H and O–H groups in total. The van der Waals surface area contributed by atoms with Gasteiger partial charge in [-0.3, -0.25) is 4.79 Å². The fourth-order valence-electron chi connectivity index (χ4n) is 1.89. The van der Waals surface area contributed by atoms with Gasteiger partial charge in [0.25, 0.3) is 0 Å². The number of anilines is 1. The first-order valence-corrected chi connectivity index (χ1v) is 6.59. The summed E-state index contributed by atoms with van der Waals surface area (Å²) in [5.74, 6) is 0.234. The molecule has 2 aromatic carbocycles. The van der Waals surface area contributed by atoms with Crippen LogP contribution in [-0.4, -0.2) is 5.78 Å². The number of carbonyl (C=O) groups excluding carboxylic acids is 1. The van der Waals surface area contributed by atoms with Crippen LogP contribution in [0.3, 0.4) is 0 Å². The number of hydrogen-bond acceptors (Lipinski definition) is 2. The van der Waals surface area contributed by atoms with Crippen LogP contribution < -0.4 is 5.32 Å². The molecule has 0 bridgehead atoms. The molecule has 0 amide bonds. The normalized spacial score (nSPS) is 10.5. The van der Waals surface area contributed by atoms with E-state index in [1.54, 1.807) is 0 Å². The lowest BCUT2D eigenvalue weighted by Gasteiger charge is -2.08. The van der Waals surface area contributed by atoms with Gasteiger partial charge in [0.15, 0.2) is 5.78 Å². The Hall–Kier alpha value is -2.09. The number of benzene rings is 2. The second-order valence-electron chi connectivity index (χ2n) is 4.94. The van der Waals surface area contributed by atoms with E-state index in [2.05, 4.69) is 17.4 Å². The maximum atomic E-state index is 11.8. The minimum Gasteiger partial charge on any atom is -0.381 e. The first kappa shape index (κ1) is 13.3. The molecule has 0 aliphatic heterocycles. The molecule has 0 atom stereocenters. The number of carbonyl (C=O) groups is 1. The van der Waals surface area contributed by atoms with Crippen LogP contribution in [0.2, 0.25) is 0 Å². The van der Waals surface area contributed by atoms with E-state index in [9.17, 15) is 4.79 Å². The summed E-state index contributed by atoms with van der Waals surface area (Å²) < 4.78 is 0. The molecular weight excluding hydrogens is 234 g/mol. The highest BCUT2D eigenvalue weighted by Gasteiger charge is 2.09. The molecule has 19 heavy (non-hydrogen) atoms. The lowest BCUT2D eigenvalue weighted by Crippen LogP contribution is -2.07. The van der Waals surface area contributed by atoms with Crippen LogP contribution in [0.5, 0.6) is 0 Å². The average Bonchev–Trinajstić information content (AvgIpc) is 2.46. The molecule has 2 aromatic rings. The van der Waals surface area contributed by atoms with Gasteiger partial charge in [-0.25, -0.2) is 0 Å². The van der Waals surface area contributed by atoms with Crippen molar-refractivity contribution in [2.24, 2.45) is 5.92 Å². The molecule has 98 valence electrons. The highest BCUT2D eigenvalue weighted by Crippen LogP contribution is 2.14. The molecule has 2 rings (SSSR count). The van der Waals surface area contributed by atoms with Crippen molar-refractivity contribution in [3.05, 3.63) is 65.7 Å². The van der Waals surface area contributed by atoms with Crippen LogP contribution in [0.15, 0.2) is 54.6 Å². The molecule has 0 spiro atoms. The fourth-order valence-corrected chi connectivity index (χ4v) is 1.89. The zero-order valence-electron chi connectivity index (χ0n) is 11.4. The summed E-state index contributed by atoms with van der Waals surface area (Å²) >= 11 is 0. The quantitative estimate of drug-likeness (QED) is 0.811. The Morgan fingerprint density at radius 1 is 1.00 bits per heavy atom. The van der Waals surface area contributed by atoms with Crippen LogP contribution in [0.4, 0.5) is 5.69 Å². The minimum atomic E-state index is 0.0446. The summed E-state index contributed by atoms with van der Waals surface area (Å²) in [5, 5.41) is 3.35. The van der Waals surface area contributed by atoms with E-state index in [1.807, 2.05) is 56.3 Å². The number of hydrogen-bond donors (Lipinski definition) is 1. The van der Waals surface area contributed by atoms with Crippen molar-refractivity contribution in [1.82, 2.24) is 0 Å². The molecule has 0 heterocycles. The SMILES string of the molecule is CC(C)C(=O)c1ccc(NCc2ccccc2)cc1. The van der Waals surface area contributed by atoms with Gasteiger partial charge in [-0.1, -0.05) is 44.2 Å². The highest BCUT2D eigenvalue weighted by atomic mass is 16.1. The summed E-state index contributed by atoms with van der Waals surface area (Å²) in [4.78, 5) is 11.8. The van der Waals surface area contributed by atoms with Gasteiger partial charge in [0.05, 0.1) is 0 Å². The van der Waals surface area contributed by atoms with E-state index in [0.29, 0.717) is 0 Å². The van der Waals surface area contributed by atoms with Gasteiger partial charge >= 0.3 is 0 Å². The molecule has 0 aliphatic rings. The van der Waals surface area contributed by atoms with Gasteiger partial charge in [0.2, 0.25) is 0 Å². The van der Waals surface area contributed by atoms with Gasteiger partial charge in [0.1, 0.15) is 0 Å². The molecule has 0 saturated heterocycles. The maximum absolute atomic E-state index is 11.8. The molecule has 0 radical (unpaired) electrons. The Bertz CT molecular complexity index is 529. The third kappa shape index (κ3) is 3.68. The Kier molecular flexibility index (Phi) is 4.35. The zero-order valence-corrected chi connectivity index (χ0v) is 11.4. The van der Waals surface area contributed by atoms with Crippen LogP contribution in [0.25, 0.3) is 0 Å². The van der Waals surface area contributed by atoms with Crippen molar-refractivity contribution in [2.75, 3.05) is 5.32 Å². The average molecular weight is 253 g/mol. The second-order valence-corrected chi connectivity index (χ2v) is 4.94. The molecule has 2 heteroatoms. The first-order chi connectivity index (χ1) is 9.16. The third-order valence-corrected chi connectivity index (χ3v) is 3.03. The Balaban J connectivity index is 1.98. The van der Waals surface area contributed by atoms with E-state index in [0.717, 1.165) is 17.8 Å². The van der Waals surface area contributed by atoms with Crippen LogP contribution in [0, 0.1) is 5.92 Å². The van der Waals surface area contributed by atoms with E-state index >= 15 is 0 Å². The summed E-state index contributed by atoms with van der Waals surface area (Å²) in [7, 11) is 0. The van der Waals surface area contributed by atoms with E-state index in [1.165, 1.54) is 5.56 Å². The Morgan fingerprint density at radius 2 is 1.63 bits per heavy atom. The second kappa shape index (κ2) is 6.19. The highest BCUT2D eigenvalue weighted by molar-refractivity contribution is 5.97. The lowest BCUT2D eigenvalue weighted by atomic mass is 10.0. The van der Waals surface area contributed by atoms with Crippen LogP contribution in [0.1, 0.15) is 29.8 Å². The van der Waals surface area contributed by atoms with Gasteiger partial charge in [-0.05, 0) is 29.8 Å². The van der Waals surface area contributed by atoms with Crippen molar-refractivity contribution in [3.63, 3.8) is 0 Å². The molecule has 0 aromatic heterocycles. The summed E-state index contributed by atoms with van der Waals surface area (Å²) in [6.45, 7) is 4.63. The molecule has 2 nitrogen and oxygen atoms in total. The standard InChI is InChI=1S/C17H19NO/c1-13(2)17(19)15-8-10-16(11-9-15)18-12-14-6-4-3-5-7-14/h3-11,13,18H,12H2,1-2H3. The van der Waals surface area contributed by atoms with Crippen molar-refractivity contribution < 1.29 is 4.79 Å². The van der Waals surface area contributed by atoms with Crippen molar-refractivity contribution >= 4 is 11.5 Å². The number of nitrogens with one attached hydrogen (secondary N) is 1. The van der Waals surface area contributed by atoms with Gasteiger partial charge < -0.3 is 5.32 Å². The largest absolute Gasteiger partial charge is 0.381 e. The zero-order chi connectivity index (χ0) is 13.7. The summed E-state index contributed by atoms with van der Waals surface area (Å²) in [5.41, 5.74) is 3.05. The Morgan fingerprint density at radius 3 is 2.21 bits per heavy atom. The molecule has 0 fully saturated rings. The number of rotatable bonds is 5. The summed E-state index contributed by atoms with van der Waals surface area (Å²) in [6.07, 6.45) is 0. The molecule has 0 aliphatic carbocycles. The molecular formula is C17H19NO. The first-order valence-electron chi connectivity index (χ1n) is 6.59. The number of ketones is 1. The predicted molar refractivity (Wildman–Crippen MR) is 79.4 cm³/mol. The summed E-state index contributed by atoms with van der Waals surface area (Å²) in [6, 6.07) is 17.9. The maximum Gasteiger partial charge on any atom is 0.165 e. The molecule has 0 unspecified atom stereocenters. The fraction of sp³-hybridized carbons (Fsp3) is 0.235. The Labute approximate surface area is 114 Å². The van der Waals surface area contributed by atoms with E-state index < -0.39 is 0 Å². The predicted octanol–water partition coefficient (Wildman–Crippen LogP) is 4.14. The monoisotopic (exact) mass is 253 g/mol. The van der Waals surface area contributed by atoms with Crippen LogP contribution in [-0.2, 0) is 6.54 Å². The topological polar surface area (TPSA) is 29.1 Å². The van der Waals surface area contributed by atoms with Crippen molar-refractivity contribution in [2.45, 2.75) is 20.4 Å². The van der Waals surface area contributed by atoms with Gasteiger partial charge in [-0.15, -0.1) is 0 Å². The van der Waals surface area contributed by atoms with Crippen LogP contribution >= 0.6 is 0 Å². The van der Waals surface area contributed by atoms with E-state index in [-0.39, 0.29) is 11.7 Å². The molecule has 0 saturated carbocycles. The van der Waals surface area contributed by atoms with Crippen molar-refractivity contribution in [3.8, 4) is 0 Å². The smallest absolute Gasteiger partial charge is 0.165 e. The van der Waals surface area contributed by atoms with E-state index in [4.69, 9.17) is 0 Å². The van der Waals surface area contributed by atoms with Gasteiger partial charge in [0, 0.05) is 23.7 Å². The third-order valence-electron chi connectivity index (χ3n) is 3.03. The minimum absolute atomic E-state index is 0.0446. The number of Topliss-reactive ketones (excluding diaryl/α,β-unsaturated/α-hetero) is 1.